The van der Waals surface area contributed by atoms with Gasteiger partial charge in [0.15, 0.2) is 0 Å². The molecule has 0 heterocycles. The first-order chi connectivity index (χ1) is 18.1. The number of carbonyl (C=O) groups excluding carboxylic acids is 2. The third kappa shape index (κ3) is 6.90. The van der Waals surface area contributed by atoms with Crippen molar-refractivity contribution in [2.24, 2.45) is 0 Å². The topological polar surface area (TPSA) is 86.8 Å². The Kier molecular flexibility index (Phi) is 9.88. The average molecular weight is 560 g/mol. The monoisotopic (exact) mass is 559 g/mol. The minimum absolute atomic E-state index is 0.00555. The molecule has 3 rings (SSSR count). The van der Waals surface area contributed by atoms with Gasteiger partial charge in [0.1, 0.15) is 18.4 Å². The zero-order valence-corrected chi connectivity index (χ0v) is 23.1. The van der Waals surface area contributed by atoms with Crippen molar-refractivity contribution in [2.75, 3.05) is 17.4 Å². The molecule has 3 aromatic rings. The number of carbonyl (C=O) groups is 2. The summed E-state index contributed by atoms with van der Waals surface area (Å²) in [5.74, 6) is -1.41. The third-order valence-corrected chi connectivity index (χ3v) is 8.28. The lowest BCUT2D eigenvalue weighted by atomic mass is 10.1. The first-order valence-electron chi connectivity index (χ1n) is 12.2. The summed E-state index contributed by atoms with van der Waals surface area (Å²) >= 11 is 6.31. The molecule has 0 bridgehead atoms. The minimum atomic E-state index is -4.18. The van der Waals surface area contributed by atoms with E-state index in [1.54, 1.807) is 50.2 Å². The van der Waals surface area contributed by atoms with E-state index in [0.717, 1.165) is 4.31 Å². The lowest BCUT2D eigenvalue weighted by molar-refractivity contribution is -0.139. The van der Waals surface area contributed by atoms with Crippen LogP contribution in [-0.2, 0) is 26.2 Å². The van der Waals surface area contributed by atoms with Gasteiger partial charge in [-0.25, -0.2) is 12.8 Å². The number of benzene rings is 3. The molecule has 0 saturated heterocycles. The molecule has 0 saturated carbocycles. The lowest BCUT2D eigenvalue weighted by Crippen LogP contribution is -2.51. The van der Waals surface area contributed by atoms with Crippen molar-refractivity contribution in [3.05, 3.63) is 94.8 Å². The summed E-state index contributed by atoms with van der Waals surface area (Å²) in [5.41, 5.74) is 1.33. The molecule has 7 nitrogen and oxygen atoms in total. The first-order valence-corrected chi connectivity index (χ1v) is 14.0. The lowest BCUT2D eigenvalue weighted by Gasteiger charge is -2.32. The number of hydrogen-bond donors (Lipinski definition) is 1. The Morgan fingerprint density at radius 3 is 2.29 bits per heavy atom. The Hall–Kier alpha value is -3.43. The second-order valence-corrected chi connectivity index (χ2v) is 11.1. The SMILES string of the molecule is CCCNC(=O)[C@H](C)N(Cc1ccc(F)cc1)C(=O)CN(c1cccc(Cl)c1C)S(=O)(=O)c1ccccc1. The van der Waals surface area contributed by atoms with Gasteiger partial charge in [0.25, 0.3) is 10.0 Å². The highest BCUT2D eigenvalue weighted by Gasteiger charge is 2.33. The van der Waals surface area contributed by atoms with Crippen molar-refractivity contribution < 1.29 is 22.4 Å². The van der Waals surface area contributed by atoms with E-state index in [4.69, 9.17) is 11.6 Å². The van der Waals surface area contributed by atoms with Crippen LogP contribution in [0.15, 0.2) is 77.7 Å². The number of hydrogen-bond acceptors (Lipinski definition) is 4. The number of sulfonamides is 1. The zero-order valence-electron chi connectivity index (χ0n) is 21.5. The molecule has 38 heavy (non-hydrogen) atoms. The van der Waals surface area contributed by atoms with Crippen molar-refractivity contribution >= 4 is 39.1 Å². The van der Waals surface area contributed by atoms with Crippen LogP contribution in [0, 0.1) is 12.7 Å². The number of amides is 2. The summed E-state index contributed by atoms with van der Waals surface area (Å²) in [6, 6.07) is 17.3. The number of halogens is 2. The fourth-order valence-corrected chi connectivity index (χ4v) is 5.53. The molecule has 2 amide bonds. The van der Waals surface area contributed by atoms with Crippen LogP contribution in [0.25, 0.3) is 0 Å². The molecule has 0 fully saturated rings. The zero-order chi connectivity index (χ0) is 27.9. The van der Waals surface area contributed by atoms with Gasteiger partial charge < -0.3 is 10.2 Å². The van der Waals surface area contributed by atoms with Crippen molar-refractivity contribution in [2.45, 2.75) is 44.7 Å². The number of rotatable bonds is 11. The number of nitrogens with zero attached hydrogens (tertiary/aromatic N) is 2. The molecule has 0 radical (unpaired) electrons. The Morgan fingerprint density at radius 2 is 1.66 bits per heavy atom. The van der Waals surface area contributed by atoms with E-state index in [1.165, 1.54) is 41.3 Å². The maximum absolute atomic E-state index is 13.8. The van der Waals surface area contributed by atoms with Crippen molar-refractivity contribution in [1.82, 2.24) is 10.2 Å². The average Bonchev–Trinajstić information content (AvgIpc) is 2.91. The van der Waals surface area contributed by atoms with E-state index in [2.05, 4.69) is 5.32 Å². The normalized spacial score (nSPS) is 12.0. The van der Waals surface area contributed by atoms with Crippen LogP contribution in [0.1, 0.15) is 31.4 Å². The van der Waals surface area contributed by atoms with E-state index in [9.17, 15) is 22.4 Å². The minimum Gasteiger partial charge on any atom is -0.354 e. The molecular weight excluding hydrogens is 529 g/mol. The van der Waals surface area contributed by atoms with Gasteiger partial charge in [-0.3, -0.25) is 13.9 Å². The van der Waals surface area contributed by atoms with Crippen molar-refractivity contribution in [3.63, 3.8) is 0 Å². The molecule has 0 spiro atoms. The van der Waals surface area contributed by atoms with Crippen LogP contribution in [0.5, 0.6) is 0 Å². The highest BCUT2D eigenvalue weighted by Crippen LogP contribution is 2.31. The van der Waals surface area contributed by atoms with Crippen LogP contribution in [0.4, 0.5) is 10.1 Å². The van der Waals surface area contributed by atoms with E-state index in [1.807, 2.05) is 6.92 Å². The van der Waals surface area contributed by atoms with Crippen molar-refractivity contribution in [1.29, 1.82) is 0 Å². The summed E-state index contributed by atoms with van der Waals surface area (Å²) in [7, 11) is -4.18. The quantitative estimate of drug-likeness (QED) is 0.361. The molecule has 0 aromatic heterocycles. The largest absolute Gasteiger partial charge is 0.354 e. The molecule has 0 aliphatic rings. The number of nitrogens with one attached hydrogen (secondary N) is 1. The standard InChI is InChI=1S/C28H31ClFN3O4S/c1-4-17-31-28(35)21(3)32(18-22-13-15-23(30)16-14-22)27(34)19-33(26-12-8-11-25(29)20(26)2)38(36,37)24-9-6-5-7-10-24/h5-16,21H,4,17-19H2,1-3H3,(H,31,35)/t21-/m0/s1. The smallest absolute Gasteiger partial charge is 0.264 e. The predicted octanol–water partition coefficient (Wildman–Crippen LogP) is 4.93. The Labute approximate surface area is 228 Å². The summed E-state index contributed by atoms with van der Waals surface area (Å²) in [5, 5.41) is 3.12. The van der Waals surface area contributed by atoms with Crippen LogP contribution in [0.2, 0.25) is 5.02 Å². The molecule has 202 valence electrons. The highest BCUT2D eigenvalue weighted by molar-refractivity contribution is 7.92. The molecule has 1 N–H and O–H groups in total. The number of anilines is 1. The Bertz CT molecular complexity index is 1370. The fourth-order valence-electron chi connectivity index (χ4n) is 3.86. The van der Waals surface area contributed by atoms with Gasteiger partial charge in [0.2, 0.25) is 11.8 Å². The van der Waals surface area contributed by atoms with Crippen LogP contribution in [-0.4, -0.2) is 44.3 Å². The maximum Gasteiger partial charge on any atom is 0.264 e. The van der Waals surface area contributed by atoms with E-state index in [-0.39, 0.29) is 23.0 Å². The second-order valence-electron chi connectivity index (χ2n) is 8.82. The molecule has 0 aliphatic heterocycles. The van der Waals surface area contributed by atoms with Gasteiger partial charge in [-0.2, -0.15) is 0 Å². The summed E-state index contributed by atoms with van der Waals surface area (Å²) in [6.45, 7) is 4.99. The van der Waals surface area contributed by atoms with Gasteiger partial charge in [0.05, 0.1) is 10.6 Å². The van der Waals surface area contributed by atoms with Gasteiger partial charge in [-0.05, 0) is 67.8 Å². The first kappa shape index (κ1) is 29.1. The molecule has 10 heteroatoms. The molecule has 0 aliphatic carbocycles. The highest BCUT2D eigenvalue weighted by atomic mass is 35.5. The summed E-state index contributed by atoms with van der Waals surface area (Å²) in [4.78, 5) is 28.0. The van der Waals surface area contributed by atoms with E-state index < -0.39 is 34.3 Å². The summed E-state index contributed by atoms with van der Waals surface area (Å²) in [6.07, 6.45) is 0.710. The van der Waals surface area contributed by atoms with Crippen LogP contribution in [0.3, 0.4) is 0 Å². The van der Waals surface area contributed by atoms with Gasteiger partial charge in [0, 0.05) is 18.1 Å². The summed E-state index contributed by atoms with van der Waals surface area (Å²) < 4.78 is 42.1. The van der Waals surface area contributed by atoms with Gasteiger partial charge in [-0.15, -0.1) is 0 Å². The Balaban J connectivity index is 2.04. The fraction of sp³-hybridized carbons (Fsp3) is 0.286. The van der Waals surface area contributed by atoms with Gasteiger partial charge >= 0.3 is 0 Å². The third-order valence-electron chi connectivity index (χ3n) is 6.10. The Morgan fingerprint density at radius 1 is 1.00 bits per heavy atom. The van der Waals surface area contributed by atoms with Crippen molar-refractivity contribution in [3.8, 4) is 0 Å². The van der Waals surface area contributed by atoms with E-state index >= 15 is 0 Å². The van der Waals surface area contributed by atoms with Crippen LogP contribution < -0.4 is 9.62 Å². The predicted molar refractivity (Wildman–Crippen MR) is 147 cm³/mol. The van der Waals surface area contributed by atoms with Gasteiger partial charge in [-0.1, -0.05) is 54.9 Å². The molecular formula is C28H31ClFN3O4S. The van der Waals surface area contributed by atoms with Crippen LogP contribution >= 0.6 is 11.6 Å². The molecule has 1 atom stereocenters. The van der Waals surface area contributed by atoms with E-state index in [0.29, 0.717) is 29.1 Å². The maximum atomic E-state index is 13.8. The second kappa shape index (κ2) is 12.9. The molecule has 0 unspecified atom stereocenters. The molecule has 3 aromatic carbocycles.